The molecule has 32 nitrogen and oxygen atoms in total. The highest BCUT2D eigenvalue weighted by atomic mass is 16.8. The molecule has 5 heterocycles. The molecule has 1 aromatic carbocycles. The Morgan fingerprint density at radius 2 is 0.924 bits per heavy atom. The molecule has 6 aliphatic rings. The monoisotopic (exact) mass is 1300 g/mol. The first kappa shape index (κ1) is 71.0. The lowest BCUT2D eigenvalue weighted by Gasteiger charge is -2.50. The van der Waals surface area contributed by atoms with Gasteiger partial charge in [0.05, 0.1) is 43.6 Å². The van der Waals surface area contributed by atoms with Gasteiger partial charge in [-0.25, -0.2) is 9.59 Å². The fourth-order valence-corrected chi connectivity index (χ4v) is 11.2. The summed E-state index contributed by atoms with van der Waals surface area (Å²) in [6.45, 7) is 9.22. The van der Waals surface area contributed by atoms with Crippen molar-refractivity contribution in [2.75, 3.05) is 26.9 Å². The van der Waals surface area contributed by atoms with Gasteiger partial charge in [-0.05, 0) is 24.6 Å². The summed E-state index contributed by atoms with van der Waals surface area (Å²) in [6, 6.07) is 8.70. The molecular formula is C60H72O32. The Kier molecular flexibility index (Phi) is 24.2. The fraction of sp³-hybridized carbons (Fsp3) is 0.600. The van der Waals surface area contributed by atoms with Crippen LogP contribution in [0.15, 0.2) is 66.0 Å². The highest BCUT2D eigenvalue weighted by molar-refractivity contribution is 5.94. The lowest BCUT2D eigenvalue weighted by Crippen LogP contribution is -2.69. The molecule has 0 saturated carbocycles. The molecule has 7 rings (SSSR count). The lowest BCUT2D eigenvalue weighted by molar-refractivity contribution is -0.388. The predicted octanol–water partition coefficient (Wildman–Crippen LogP) is 1.20. The minimum atomic E-state index is -2.11. The van der Waals surface area contributed by atoms with Crippen LogP contribution >= 0.6 is 0 Å². The summed E-state index contributed by atoms with van der Waals surface area (Å²) in [4.78, 5) is 156. The van der Waals surface area contributed by atoms with E-state index < -0.39 is 213 Å². The molecule has 1 unspecified atom stereocenters. The van der Waals surface area contributed by atoms with Crippen LogP contribution in [0, 0.1) is 11.8 Å². The number of ether oxygens (including phenoxy) is 20. The molecule has 1 aliphatic carbocycles. The first-order valence-electron chi connectivity index (χ1n) is 28.8. The van der Waals surface area contributed by atoms with Gasteiger partial charge in [-0.3, -0.25) is 47.9 Å². The van der Waals surface area contributed by atoms with Gasteiger partial charge < -0.3 is 94.7 Å². The van der Waals surface area contributed by atoms with Gasteiger partial charge in [-0.1, -0.05) is 36.4 Å². The van der Waals surface area contributed by atoms with Crippen molar-refractivity contribution in [1.29, 1.82) is 0 Å². The van der Waals surface area contributed by atoms with Crippen molar-refractivity contribution in [3.8, 4) is 0 Å². The van der Waals surface area contributed by atoms with E-state index in [0.29, 0.717) is 5.56 Å². The molecular weight excluding hydrogens is 1230 g/mol. The molecule has 20 atom stereocenters. The van der Waals surface area contributed by atoms with Gasteiger partial charge in [0, 0.05) is 75.2 Å². The molecule has 0 N–H and O–H groups in total. The van der Waals surface area contributed by atoms with Crippen LogP contribution in [-0.4, -0.2) is 209 Å². The maximum absolute atomic E-state index is 13.7. The van der Waals surface area contributed by atoms with Gasteiger partial charge in [-0.2, -0.15) is 0 Å². The van der Waals surface area contributed by atoms with Crippen molar-refractivity contribution in [2.24, 2.45) is 11.8 Å². The average Bonchev–Trinajstić information content (AvgIpc) is 1.53. The zero-order valence-corrected chi connectivity index (χ0v) is 52.1. The first-order valence-corrected chi connectivity index (χ1v) is 28.8. The van der Waals surface area contributed by atoms with E-state index in [1.807, 2.05) is 0 Å². The minimum absolute atomic E-state index is 0.0597. The topological polar surface area (TPSA) is 389 Å². The number of hydrogen-bond acceptors (Lipinski definition) is 32. The average molecular weight is 1310 g/mol. The molecule has 5 aliphatic heterocycles. The van der Waals surface area contributed by atoms with Gasteiger partial charge in [0.2, 0.25) is 12.6 Å². The number of allylic oxidation sites excluding steroid dienone is 1. The number of hydrogen-bond donors (Lipinski definition) is 0. The second-order valence-corrected chi connectivity index (χ2v) is 21.7. The van der Waals surface area contributed by atoms with Gasteiger partial charge in [0.15, 0.2) is 60.9 Å². The number of carbonyl (C=O) groups is 12. The highest BCUT2D eigenvalue weighted by Crippen LogP contribution is 2.51. The normalized spacial score (nSPS) is 32.2. The maximum atomic E-state index is 13.7. The number of rotatable bonds is 24. The summed E-state index contributed by atoms with van der Waals surface area (Å²) >= 11 is 0. The second-order valence-electron chi connectivity index (χ2n) is 21.7. The lowest BCUT2D eigenvalue weighted by atomic mass is 9.78. The Hall–Kier alpha value is -8.40. The van der Waals surface area contributed by atoms with E-state index in [1.165, 1.54) is 25.2 Å². The molecule has 504 valence electrons. The van der Waals surface area contributed by atoms with Crippen LogP contribution in [0.25, 0.3) is 0 Å². The van der Waals surface area contributed by atoms with E-state index in [1.54, 1.807) is 30.3 Å². The smallest absolute Gasteiger partial charge is 0.338 e. The Morgan fingerprint density at radius 1 is 0.500 bits per heavy atom. The van der Waals surface area contributed by atoms with E-state index in [2.05, 4.69) is 0 Å². The van der Waals surface area contributed by atoms with Gasteiger partial charge in [-0.15, -0.1) is 0 Å². The highest BCUT2D eigenvalue weighted by Gasteiger charge is 2.63. The minimum Gasteiger partial charge on any atom is -0.471 e. The summed E-state index contributed by atoms with van der Waals surface area (Å²) in [5, 5.41) is 0. The predicted molar refractivity (Wildman–Crippen MR) is 294 cm³/mol. The SMILES string of the molecule is COC(=O)C1=CO[C@H](O[C@@H]2O[C@H](COCc3ccccc3)[C@@H](O[C@@H]3O[C@H](COC(C)=O)[C@@H](O[C@@H]4O[C@H](COC(C)=O)[C@H](OC(C)=O)[C@H](OC(C)=O)[C@H]4OC(C)=O)[C@H](OC(C)=O)[C@H]3OC(C)=O)[C@H](OC(C)=O)[C@H]2OC(C)=O)[C@H]2[C@@H]1C=CC21C=C([C@H](C)OC(C)=O)C(=O)O1. The Balaban J connectivity index is 1.34. The number of fused-ring (bicyclic) bond motifs is 2. The van der Waals surface area contributed by atoms with Crippen LogP contribution in [0.3, 0.4) is 0 Å². The molecule has 0 bridgehead atoms. The molecule has 3 fully saturated rings. The quantitative estimate of drug-likeness (QED) is 0.0797. The van der Waals surface area contributed by atoms with Crippen molar-refractivity contribution in [3.05, 3.63) is 71.5 Å². The van der Waals surface area contributed by atoms with Crippen LogP contribution in [0.1, 0.15) is 81.7 Å². The molecule has 0 amide bonds. The standard InChI is InChI=1S/C60H72O32/c1-26(78-29(4)63)39-20-60(92-55(39)72)19-18-38-40(54(71)73-12)22-77-56(44(38)60)91-59-53(85-36(11)70)49(81-32(7)66)46(41(86-59)23-74-21-37-16-14-13-15-17-37)89-58-52(84-35(10)69)50(82-33(8)67)47(43(88-58)25-76-28(3)62)90-57-51(83-34(9)68)48(80-31(6)65)45(79-30(5)64)42(87-57)24-75-27(2)61/h13-20,22,26,38,41-53,56-59H,21,23-25H2,1-12H3/t26-,38+,41+,42+,43+,44+,45-,46+,47+,48-,49-,50-,51+,52+,53+,56+,57-,58-,59-,60?/m0/s1. The van der Waals surface area contributed by atoms with Crippen molar-refractivity contribution in [2.45, 2.75) is 193 Å². The second kappa shape index (κ2) is 31.3. The fourth-order valence-electron chi connectivity index (χ4n) is 11.2. The number of carbonyl (C=O) groups excluding carboxylic acids is 12. The summed E-state index contributed by atoms with van der Waals surface area (Å²) in [5.41, 5.74) is -1.30. The zero-order valence-electron chi connectivity index (χ0n) is 52.1. The molecule has 0 radical (unpaired) electrons. The summed E-state index contributed by atoms with van der Waals surface area (Å²) in [5.74, 6) is -13.8. The van der Waals surface area contributed by atoms with Crippen molar-refractivity contribution in [3.63, 3.8) is 0 Å². The first-order chi connectivity index (χ1) is 43.5. The van der Waals surface area contributed by atoms with Crippen LogP contribution in [0.5, 0.6) is 0 Å². The molecule has 1 aromatic rings. The molecule has 1 spiro atoms. The molecule has 92 heavy (non-hydrogen) atoms. The van der Waals surface area contributed by atoms with Gasteiger partial charge in [0.1, 0.15) is 49.8 Å². The van der Waals surface area contributed by atoms with Crippen LogP contribution < -0.4 is 0 Å². The van der Waals surface area contributed by atoms with Crippen LogP contribution in [0.4, 0.5) is 0 Å². The van der Waals surface area contributed by atoms with E-state index in [-0.39, 0.29) is 17.8 Å². The van der Waals surface area contributed by atoms with E-state index >= 15 is 0 Å². The van der Waals surface area contributed by atoms with Crippen LogP contribution in [-0.2, 0) is 159 Å². The Labute approximate surface area is 525 Å². The van der Waals surface area contributed by atoms with Gasteiger partial charge in [0.25, 0.3) is 0 Å². The molecule has 0 aromatic heterocycles. The van der Waals surface area contributed by atoms with E-state index in [0.717, 1.165) is 82.6 Å². The summed E-state index contributed by atoms with van der Waals surface area (Å²) in [7, 11) is 1.12. The Morgan fingerprint density at radius 3 is 1.37 bits per heavy atom. The number of benzene rings is 1. The third-order valence-corrected chi connectivity index (χ3v) is 14.6. The maximum Gasteiger partial charge on any atom is 0.338 e. The van der Waals surface area contributed by atoms with E-state index in [9.17, 15) is 57.5 Å². The molecule has 3 saturated heterocycles. The largest absolute Gasteiger partial charge is 0.471 e. The number of methoxy groups -OCH3 is 1. The van der Waals surface area contributed by atoms with Crippen LogP contribution in [0.2, 0.25) is 0 Å². The van der Waals surface area contributed by atoms with Gasteiger partial charge >= 0.3 is 71.6 Å². The molecule has 32 heteroatoms. The third-order valence-electron chi connectivity index (χ3n) is 14.6. The summed E-state index contributed by atoms with van der Waals surface area (Å²) < 4.78 is 119. The Bertz CT molecular complexity index is 3030. The zero-order chi connectivity index (χ0) is 67.5. The summed E-state index contributed by atoms with van der Waals surface area (Å²) in [6.07, 6.45) is -25.5. The van der Waals surface area contributed by atoms with Crippen molar-refractivity contribution < 1.29 is 152 Å². The van der Waals surface area contributed by atoms with Crippen molar-refractivity contribution >= 4 is 71.6 Å². The van der Waals surface area contributed by atoms with E-state index in [4.69, 9.17) is 94.7 Å². The van der Waals surface area contributed by atoms with Crippen molar-refractivity contribution in [1.82, 2.24) is 0 Å². The third kappa shape index (κ3) is 17.8. The number of esters is 12.